The Balaban J connectivity index is 2.42. The van der Waals surface area contributed by atoms with E-state index in [-0.39, 0.29) is 10.3 Å². The molecule has 1 aliphatic rings. The molecule has 7 heteroatoms. The minimum atomic E-state index is -0.805. The average Bonchev–Trinajstić information content (AvgIpc) is 2.37. The standard InChI is InChI=1S/C11H13Cl2FN2O2/c1-2-18-11(3-5-17-6-4-11)10-15-8(12)7(14)9(13)16-10/h2-6H2,1H3. The third-order valence-corrected chi connectivity index (χ3v) is 3.40. The fourth-order valence-electron chi connectivity index (χ4n) is 2.01. The van der Waals surface area contributed by atoms with Crippen molar-refractivity contribution in [2.75, 3.05) is 19.8 Å². The number of halogens is 3. The molecule has 1 aromatic heterocycles. The van der Waals surface area contributed by atoms with Gasteiger partial charge in [0.15, 0.2) is 21.9 Å². The van der Waals surface area contributed by atoms with E-state index in [0.717, 1.165) is 0 Å². The van der Waals surface area contributed by atoms with Gasteiger partial charge in [0, 0.05) is 32.7 Å². The molecule has 2 heterocycles. The van der Waals surface area contributed by atoms with Crippen LogP contribution in [0.1, 0.15) is 25.6 Å². The van der Waals surface area contributed by atoms with Crippen molar-refractivity contribution >= 4 is 23.2 Å². The zero-order valence-corrected chi connectivity index (χ0v) is 11.4. The van der Waals surface area contributed by atoms with Crippen LogP contribution in [0.25, 0.3) is 0 Å². The normalized spacial score (nSPS) is 18.9. The van der Waals surface area contributed by atoms with E-state index in [1.807, 2.05) is 6.92 Å². The smallest absolute Gasteiger partial charge is 0.197 e. The predicted molar refractivity (Wildman–Crippen MR) is 65.4 cm³/mol. The molecule has 2 rings (SSSR count). The second kappa shape index (κ2) is 5.65. The fourth-order valence-corrected chi connectivity index (χ4v) is 2.40. The van der Waals surface area contributed by atoms with Gasteiger partial charge in [-0.25, -0.2) is 14.4 Å². The van der Waals surface area contributed by atoms with Gasteiger partial charge in [-0.3, -0.25) is 0 Å². The third-order valence-electron chi connectivity index (χ3n) is 2.90. The molecule has 0 bridgehead atoms. The summed E-state index contributed by atoms with van der Waals surface area (Å²) in [6.45, 7) is 3.45. The van der Waals surface area contributed by atoms with Gasteiger partial charge in [0.25, 0.3) is 0 Å². The minimum Gasteiger partial charge on any atom is -0.381 e. The van der Waals surface area contributed by atoms with Crippen molar-refractivity contribution in [3.63, 3.8) is 0 Å². The molecule has 1 fully saturated rings. The van der Waals surface area contributed by atoms with Crippen LogP contribution in [0, 0.1) is 5.82 Å². The molecular formula is C11H13Cl2FN2O2. The van der Waals surface area contributed by atoms with Gasteiger partial charge in [-0.1, -0.05) is 23.2 Å². The first kappa shape index (κ1) is 13.9. The third kappa shape index (κ3) is 2.59. The number of rotatable bonds is 3. The first-order chi connectivity index (χ1) is 8.59. The maximum atomic E-state index is 13.3. The molecule has 1 aromatic rings. The lowest BCUT2D eigenvalue weighted by atomic mass is 9.93. The van der Waals surface area contributed by atoms with Crippen molar-refractivity contribution < 1.29 is 13.9 Å². The van der Waals surface area contributed by atoms with Crippen molar-refractivity contribution in [1.82, 2.24) is 9.97 Å². The van der Waals surface area contributed by atoms with Crippen LogP contribution in [0.2, 0.25) is 10.3 Å². The van der Waals surface area contributed by atoms with Crippen LogP contribution >= 0.6 is 23.2 Å². The van der Waals surface area contributed by atoms with Crippen LogP contribution in [-0.2, 0) is 15.1 Å². The van der Waals surface area contributed by atoms with Gasteiger partial charge in [0.05, 0.1) is 0 Å². The number of nitrogens with zero attached hydrogens (tertiary/aromatic N) is 2. The van der Waals surface area contributed by atoms with Gasteiger partial charge in [-0.15, -0.1) is 0 Å². The highest BCUT2D eigenvalue weighted by atomic mass is 35.5. The van der Waals surface area contributed by atoms with Gasteiger partial charge >= 0.3 is 0 Å². The highest BCUT2D eigenvalue weighted by molar-refractivity contribution is 6.33. The Labute approximate surface area is 114 Å². The molecule has 0 spiro atoms. The van der Waals surface area contributed by atoms with Crippen molar-refractivity contribution in [3.05, 3.63) is 21.9 Å². The van der Waals surface area contributed by atoms with Crippen LogP contribution in [0.15, 0.2) is 0 Å². The molecular weight excluding hydrogens is 282 g/mol. The molecule has 0 unspecified atom stereocenters. The molecule has 0 N–H and O–H groups in total. The number of ether oxygens (including phenoxy) is 2. The van der Waals surface area contributed by atoms with Crippen LogP contribution in [0.4, 0.5) is 4.39 Å². The van der Waals surface area contributed by atoms with Crippen LogP contribution < -0.4 is 0 Å². The summed E-state index contributed by atoms with van der Waals surface area (Å²) in [6, 6.07) is 0. The summed E-state index contributed by atoms with van der Waals surface area (Å²) in [5, 5.41) is -0.564. The fraction of sp³-hybridized carbons (Fsp3) is 0.636. The molecule has 0 aromatic carbocycles. The Bertz CT molecular complexity index is 411. The van der Waals surface area contributed by atoms with Crippen molar-refractivity contribution in [2.24, 2.45) is 0 Å². The van der Waals surface area contributed by atoms with E-state index in [1.165, 1.54) is 0 Å². The van der Waals surface area contributed by atoms with Crippen LogP contribution in [0.5, 0.6) is 0 Å². The van der Waals surface area contributed by atoms with Gasteiger partial charge < -0.3 is 9.47 Å². The molecule has 0 radical (unpaired) electrons. The second-order valence-corrected chi connectivity index (χ2v) is 4.70. The average molecular weight is 295 g/mol. The molecule has 1 aliphatic heterocycles. The van der Waals surface area contributed by atoms with E-state index in [1.54, 1.807) is 0 Å². The molecule has 18 heavy (non-hydrogen) atoms. The number of aromatic nitrogens is 2. The lowest BCUT2D eigenvalue weighted by Gasteiger charge is -2.35. The van der Waals surface area contributed by atoms with Gasteiger partial charge in [0.1, 0.15) is 5.60 Å². The summed E-state index contributed by atoms with van der Waals surface area (Å²) in [5.41, 5.74) is -0.687. The SMILES string of the molecule is CCOC1(c2nc(Cl)c(F)c(Cl)n2)CCOCC1. The Kier molecular flexibility index (Phi) is 4.37. The molecule has 0 amide bonds. The molecule has 0 atom stereocenters. The first-order valence-electron chi connectivity index (χ1n) is 5.70. The highest BCUT2D eigenvalue weighted by Crippen LogP contribution is 2.35. The largest absolute Gasteiger partial charge is 0.381 e. The topological polar surface area (TPSA) is 44.2 Å². The Morgan fingerprint density at radius 3 is 2.33 bits per heavy atom. The number of hydrogen-bond acceptors (Lipinski definition) is 4. The minimum absolute atomic E-state index is 0.282. The van der Waals surface area contributed by atoms with Crippen molar-refractivity contribution in [1.29, 1.82) is 0 Å². The maximum absolute atomic E-state index is 13.3. The van der Waals surface area contributed by atoms with E-state index in [4.69, 9.17) is 32.7 Å². The Hall–Kier alpha value is -0.490. The predicted octanol–water partition coefficient (Wildman–Crippen LogP) is 2.96. The van der Waals surface area contributed by atoms with Crippen molar-refractivity contribution in [2.45, 2.75) is 25.4 Å². The molecule has 1 saturated heterocycles. The van der Waals surface area contributed by atoms with E-state index in [2.05, 4.69) is 9.97 Å². The molecule has 100 valence electrons. The van der Waals surface area contributed by atoms with E-state index in [9.17, 15) is 4.39 Å². The first-order valence-corrected chi connectivity index (χ1v) is 6.45. The van der Waals surface area contributed by atoms with Crippen molar-refractivity contribution in [3.8, 4) is 0 Å². The zero-order chi connectivity index (χ0) is 13.2. The van der Waals surface area contributed by atoms with Gasteiger partial charge in [-0.2, -0.15) is 0 Å². The Morgan fingerprint density at radius 1 is 1.28 bits per heavy atom. The molecule has 0 saturated carbocycles. The van der Waals surface area contributed by atoms with E-state index in [0.29, 0.717) is 38.5 Å². The summed E-state index contributed by atoms with van der Waals surface area (Å²) in [7, 11) is 0. The molecule has 0 aliphatic carbocycles. The molecule has 4 nitrogen and oxygen atoms in total. The highest BCUT2D eigenvalue weighted by Gasteiger charge is 2.39. The van der Waals surface area contributed by atoms with Crippen LogP contribution in [0.3, 0.4) is 0 Å². The quantitative estimate of drug-likeness (QED) is 0.804. The number of hydrogen-bond donors (Lipinski definition) is 0. The van der Waals surface area contributed by atoms with E-state index >= 15 is 0 Å². The summed E-state index contributed by atoms with van der Waals surface area (Å²) < 4.78 is 24.4. The summed E-state index contributed by atoms with van der Waals surface area (Å²) in [6.07, 6.45) is 1.19. The van der Waals surface area contributed by atoms with Gasteiger partial charge in [0.2, 0.25) is 0 Å². The second-order valence-electron chi connectivity index (χ2n) is 3.98. The monoisotopic (exact) mass is 294 g/mol. The van der Waals surface area contributed by atoms with Gasteiger partial charge in [-0.05, 0) is 6.92 Å². The lowest BCUT2D eigenvalue weighted by molar-refractivity contribution is -0.117. The maximum Gasteiger partial charge on any atom is 0.197 e. The van der Waals surface area contributed by atoms with Crippen LogP contribution in [-0.4, -0.2) is 29.8 Å². The lowest BCUT2D eigenvalue weighted by Crippen LogP contribution is -2.38. The summed E-state index contributed by atoms with van der Waals surface area (Å²) >= 11 is 11.4. The zero-order valence-electron chi connectivity index (χ0n) is 9.88. The summed E-state index contributed by atoms with van der Waals surface area (Å²) in [4.78, 5) is 7.92. The summed E-state index contributed by atoms with van der Waals surface area (Å²) in [5.74, 6) is -0.482. The van der Waals surface area contributed by atoms with E-state index < -0.39 is 11.4 Å². The Morgan fingerprint density at radius 2 is 1.83 bits per heavy atom.